The molecule has 1 aromatic carbocycles. The lowest BCUT2D eigenvalue weighted by Gasteiger charge is -2.18. The summed E-state index contributed by atoms with van der Waals surface area (Å²) >= 11 is 0. The number of nitrogen functional groups attached to an aromatic ring is 1. The van der Waals surface area contributed by atoms with Crippen molar-refractivity contribution in [2.24, 2.45) is 0 Å². The van der Waals surface area contributed by atoms with Crippen LogP contribution in [0.25, 0.3) is 0 Å². The van der Waals surface area contributed by atoms with Crippen molar-refractivity contribution in [2.75, 3.05) is 33.0 Å². The van der Waals surface area contributed by atoms with Crippen LogP contribution in [0.4, 0.5) is 5.69 Å². The smallest absolute Gasteiger partial charge is 0.256 e. The highest BCUT2D eigenvalue weighted by Crippen LogP contribution is 2.33. The van der Waals surface area contributed by atoms with E-state index in [9.17, 15) is 4.79 Å². The van der Waals surface area contributed by atoms with Crippen LogP contribution in [0.5, 0.6) is 11.5 Å². The molecule has 0 unspecified atom stereocenters. The summed E-state index contributed by atoms with van der Waals surface area (Å²) in [5, 5.41) is 0. The second-order valence-corrected chi connectivity index (χ2v) is 4.52. The van der Waals surface area contributed by atoms with Gasteiger partial charge in [-0.1, -0.05) is 12.2 Å². The molecule has 1 aliphatic rings. The van der Waals surface area contributed by atoms with Crippen LogP contribution < -0.4 is 15.2 Å². The van der Waals surface area contributed by atoms with E-state index >= 15 is 0 Å². The number of nitrogens with two attached hydrogens (primary N) is 1. The number of rotatable bonds is 3. The lowest BCUT2D eigenvalue weighted by Crippen LogP contribution is -2.28. The lowest BCUT2D eigenvalue weighted by atomic mass is 10.1. The maximum absolute atomic E-state index is 12.4. The van der Waals surface area contributed by atoms with E-state index in [1.807, 2.05) is 0 Å². The number of amides is 1. The Kier molecular flexibility index (Phi) is 3.64. The van der Waals surface area contributed by atoms with Crippen LogP contribution in [-0.2, 0) is 0 Å². The summed E-state index contributed by atoms with van der Waals surface area (Å²) in [5.74, 6) is 0.914. The number of methoxy groups -OCH3 is 2. The number of ether oxygens (including phenoxy) is 2. The predicted octanol–water partition coefficient (Wildman–Crippen LogP) is 1.69. The first-order valence-corrected chi connectivity index (χ1v) is 6.04. The molecule has 2 N–H and O–H groups in total. The van der Waals surface area contributed by atoms with Gasteiger partial charge in [0.25, 0.3) is 5.91 Å². The van der Waals surface area contributed by atoms with Gasteiger partial charge in [-0.05, 0) is 12.5 Å². The number of nitrogens with zero attached hydrogens (tertiary/aromatic N) is 1. The van der Waals surface area contributed by atoms with Crippen molar-refractivity contribution in [2.45, 2.75) is 6.42 Å². The zero-order chi connectivity index (χ0) is 14.0. The monoisotopic (exact) mass is 262 g/mol. The summed E-state index contributed by atoms with van der Waals surface area (Å²) in [4.78, 5) is 14.1. The molecule has 0 radical (unpaired) electrons. The van der Waals surface area contributed by atoms with E-state index in [4.69, 9.17) is 15.2 Å². The first-order valence-electron chi connectivity index (χ1n) is 6.04. The fraction of sp³-hybridized carbons (Fsp3) is 0.357. The first kappa shape index (κ1) is 13.3. The molecule has 19 heavy (non-hydrogen) atoms. The average Bonchev–Trinajstić information content (AvgIpc) is 2.84. The fourth-order valence-electron chi connectivity index (χ4n) is 2.14. The van der Waals surface area contributed by atoms with Crippen molar-refractivity contribution >= 4 is 11.6 Å². The number of hydrogen-bond donors (Lipinski definition) is 1. The van der Waals surface area contributed by atoms with Gasteiger partial charge in [0.15, 0.2) is 11.5 Å². The molecular weight excluding hydrogens is 244 g/mol. The molecule has 1 heterocycles. The van der Waals surface area contributed by atoms with E-state index in [2.05, 4.69) is 6.58 Å². The Morgan fingerprint density at radius 2 is 1.95 bits per heavy atom. The molecule has 5 nitrogen and oxygen atoms in total. The van der Waals surface area contributed by atoms with Crippen LogP contribution in [0.1, 0.15) is 16.8 Å². The fourth-order valence-corrected chi connectivity index (χ4v) is 2.14. The molecule has 1 saturated heterocycles. The molecular formula is C14H18N2O3. The van der Waals surface area contributed by atoms with Crippen molar-refractivity contribution in [3.8, 4) is 11.5 Å². The molecule has 1 aromatic rings. The van der Waals surface area contributed by atoms with Gasteiger partial charge in [-0.2, -0.15) is 0 Å². The van der Waals surface area contributed by atoms with Gasteiger partial charge in [-0.15, -0.1) is 0 Å². The van der Waals surface area contributed by atoms with Gasteiger partial charge in [0.1, 0.15) is 0 Å². The topological polar surface area (TPSA) is 64.8 Å². The van der Waals surface area contributed by atoms with Crippen LogP contribution in [0.15, 0.2) is 24.3 Å². The molecule has 5 heteroatoms. The Labute approximate surface area is 112 Å². The molecule has 0 spiro atoms. The predicted molar refractivity (Wildman–Crippen MR) is 73.6 cm³/mol. The van der Waals surface area contributed by atoms with E-state index in [0.29, 0.717) is 35.8 Å². The second-order valence-electron chi connectivity index (χ2n) is 4.52. The van der Waals surface area contributed by atoms with Gasteiger partial charge >= 0.3 is 0 Å². The molecule has 0 aromatic heterocycles. The largest absolute Gasteiger partial charge is 0.493 e. The molecule has 0 saturated carbocycles. The quantitative estimate of drug-likeness (QED) is 0.665. The molecule has 1 amide bonds. The number of carbonyl (C=O) groups excluding carboxylic acids is 1. The van der Waals surface area contributed by atoms with Crippen molar-refractivity contribution in [1.82, 2.24) is 4.90 Å². The van der Waals surface area contributed by atoms with Crippen LogP contribution in [0.3, 0.4) is 0 Å². The summed E-state index contributed by atoms with van der Waals surface area (Å²) in [5.41, 5.74) is 7.81. The summed E-state index contributed by atoms with van der Waals surface area (Å²) < 4.78 is 10.3. The molecule has 1 fully saturated rings. The van der Waals surface area contributed by atoms with Crippen LogP contribution >= 0.6 is 0 Å². The van der Waals surface area contributed by atoms with Gasteiger partial charge < -0.3 is 20.1 Å². The highest BCUT2D eigenvalue weighted by molar-refractivity contribution is 6.00. The zero-order valence-electron chi connectivity index (χ0n) is 11.2. The van der Waals surface area contributed by atoms with Crippen molar-refractivity contribution < 1.29 is 14.3 Å². The highest BCUT2D eigenvalue weighted by Gasteiger charge is 2.24. The third-order valence-electron chi connectivity index (χ3n) is 3.22. The second kappa shape index (κ2) is 5.22. The standard InChI is InChI=1S/C14H18N2O3/c1-9-4-5-16(8-9)14(17)10-6-12(18-2)13(19-3)7-11(10)15/h6-7H,1,4-5,8,15H2,2-3H3. The Hall–Kier alpha value is -2.17. The average molecular weight is 262 g/mol. The minimum atomic E-state index is -0.0999. The van der Waals surface area contributed by atoms with E-state index in [1.54, 1.807) is 17.0 Å². The van der Waals surface area contributed by atoms with E-state index in [1.165, 1.54) is 14.2 Å². The first-order chi connectivity index (χ1) is 9.06. The summed E-state index contributed by atoms with van der Waals surface area (Å²) in [6, 6.07) is 3.23. The van der Waals surface area contributed by atoms with Crippen LogP contribution in [0.2, 0.25) is 0 Å². The zero-order valence-corrected chi connectivity index (χ0v) is 11.2. The number of carbonyl (C=O) groups is 1. The van der Waals surface area contributed by atoms with Crippen molar-refractivity contribution in [3.63, 3.8) is 0 Å². The lowest BCUT2D eigenvalue weighted by molar-refractivity contribution is 0.0797. The van der Waals surface area contributed by atoms with Gasteiger partial charge in [-0.25, -0.2) is 0 Å². The number of benzene rings is 1. The molecule has 0 aliphatic carbocycles. The van der Waals surface area contributed by atoms with Crippen molar-refractivity contribution in [3.05, 3.63) is 29.8 Å². The maximum Gasteiger partial charge on any atom is 0.256 e. The molecule has 1 aliphatic heterocycles. The van der Waals surface area contributed by atoms with Crippen LogP contribution in [-0.4, -0.2) is 38.1 Å². The van der Waals surface area contributed by atoms with E-state index in [-0.39, 0.29) is 5.91 Å². The summed E-state index contributed by atoms with van der Waals surface area (Å²) in [6.07, 6.45) is 0.846. The molecule has 2 rings (SSSR count). The normalized spacial score (nSPS) is 14.6. The molecule has 102 valence electrons. The SMILES string of the molecule is C=C1CCN(C(=O)c2cc(OC)c(OC)cc2N)C1. The maximum atomic E-state index is 12.4. The highest BCUT2D eigenvalue weighted by atomic mass is 16.5. The van der Waals surface area contributed by atoms with Gasteiger partial charge in [-0.3, -0.25) is 4.79 Å². The van der Waals surface area contributed by atoms with Gasteiger partial charge in [0.2, 0.25) is 0 Å². The third kappa shape index (κ3) is 2.50. The minimum absolute atomic E-state index is 0.0999. The van der Waals surface area contributed by atoms with Gasteiger partial charge in [0.05, 0.1) is 19.8 Å². The Bertz CT molecular complexity index is 526. The number of hydrogen-bond acceptors (Lipinski definition) is 4. The Balaban J connectivity index is 2.34. The van der Waals surface area contributed by atoms with E-state index < -0.39 is 0 Å². The Morgan fingerprint density at radius 3 is 2.47 bits per heavy atom. The van der Waals surface area contributed by atoms with Crippen LogP contribution in [0, 0.1) is 0 Å². The molecule has 0 atom stereocenters. The summed E-state index contributed by atoms with van der Waals surface area (Å²) in [7, 11) is 3.06. The summed E-state index contributed by atoms with van der Waals surface area (Å²) in [6.45, 7) is 5.17. The number of anilines is 1. The minimum Gasteiger partial charge on any atom is -0.493 e. The third-order valence-corrected chi connectivity index (χ3v) is 3.22. The van der Waals surface area contributed by atoms with Gasteiger partial charge in [0, 0.05) is 24.8 Å². The molecule has 0 bridgehead atoms. The Morgan fingerprint density at radius 1 is 1.32 bits per heavy atom. The van der Waals surface area contributed by atoms with E-state index in [0.717, 1.165) is 12.0 Å². The number of likely N-dealkylation sites (tertiary alicyclic amines) is 1. The van der Waals surface area contributed by atoms with Crippen molar-refractivity contribution in [1.29, 1.82) is 0 Å².